The zero-order valence-electron chi connectivity index (χ0n) is 15.7. The van der Waals surface area contributed by atoms with E-state index in [-0.39, 0.29) is 30.4 Å². The van der Waals surface area contributed by atoms with E-state index in [1.807, 2.05) is 12.1 Å². The molecule has 1 fully saturated rings. The second kappa shape index (κ2) is 9.72. The van der Waals surface area contributed by atoms with Gasteiger partial charge in [0.05, 0.1) is 13.2 Å². The van der Waals surface area contributed by atoms with Crippen LogP contribution in [0.1, 0.15) is 12.5 Å². The standard InChI is InChI=1S/C19H25N3O5/c1-13(19(25)22-10-16(11-22)27-12-18(24)20-2)21-17(23)9-6-14-4-7-15(26-3)8-5-14/h4-9,13,16H,10-12H2,1-3H3,(H,20,24)(H,21,23)/b9-6-/t13-/m0/s1. The van der Waals surface area contributed by atoms with Crippen molar-refractivity contribution in [3.63, 3.8) is 0 Å². The van der Waals surface area contributed by atoms with Crippen LogP contribution in [0.4, 0.5) is 0 Å². The highest BCUT2D eigenvalue weighted by atomic mass is 16.5. The number of carbonyl (C=O) groups is 3. The normalized spacial score (nSPS) is 15.1. The van der Waals surface area contributed by atoms with Crippen molar-refractivity contribution in [1.82, 2.24) is 15.5 Å². The van der Waals surface area contributed by atoms with Crippen LogP contribution in [0, 0.1) is 0 Å². The lowest BCUT2D eigenvalue weighted by Crippen LogP contribution is -2.59. The first kappa shape index (κ1) is 20.4. The Morgan fingerprint density at radius 1 is 1.26 bits per heavy atom. The Morgan fingerprint density at radius 2 is 1.93 bits per heavy atom. The summed E-state index contributed by atoms with van der Waals surface area (Å²) in [5.74, 6) is 0.00706. The van der Waals surface area contributed by atoms with Crippen molar-refractivity contribution in [2.75, 3.05) is 33.9 Å². The molecule has 0 bridgehead atoms. The molecule has 1 aliphatic rings. The topological polar surface area (TPSA) is 97.0 Å². The number of likely N-dealkylation sites (tertiary alicyclic amines) is 1. The third-order valence-corrected chi connectivity index (χ3v) is 4.16. The Kier molecular flexibility index (Phi) is 7.36. The van der Waals surface area contributed by atoms with E-state index < -0.39 is 6.04 Å². The highest BCUT2D eigenvalue weighted by molar-refractivity contribution is 5.95. The highest BCUT2D eigenvalue weighted by Crippen LogP contribution is 2.14. The van der Waals surface area contributed by atoms with Gasteiger partial charge in [-0.15, -0.1) is 0 Å². The van der Waals surface area contributed by atoms with E-state index in [9.17, 15) is 14.4 Å². The average molecular weight is 375 g/mol. The summed E-state index contributed by atoms with van der Waals surface area (Å²) in [6.45, 7) is 2.45. The minimum absolute atomic E-state index is 0.0222. The molecule has 0 aliphatic carbocycles. The summed E-state index contributed by atoms with van der Waals surface area (Å²) in [4.78, 5) is 37.0. The number of ether oxygens (including phenoxy) is 2. The van der Waals surface area contributed by atoms with Crippen LogP contribution in [0.5, 0.6) is 5.75 Å². The maximum atomic E-state index is 12.3. The van der Waals surface area contributed by atoms with Gasteiger partial charge in [0.25, 0.3) is 0 Å². The Hall–Kier alpha value is -2.87. The molecule has 1 aromatic carbocycles. The van der Waals surface area contributed by atoms with Gasteiger partial charge in [-0.3, -0.25) is 14.4 Å². The predicted molar refractivity (Wildman–Crippen MR) is 100 cm³/mol. The molecular formula is C19H25N3O5. The number of hydrogen-bond donors (Lipinski definition) is 2. The first-order valence-corrected chi connectivity index (χ1v) is 8.66. The molecule has 3 amide bonds. The van der Waals surface area contributed by atoms with Gasteiger partial charge in [0.2, 0.25) is 17.7 Å². The van der Waals surface area contributed by atoms with E-state index >= 15 is 0 Å². The van der Waals surface area contributed by atoms with Gasteiger partial charge in [-0.05, 0) is 30.7 Å². The number of methoxy groups -OCH3 is 1. The molecule has 1 atom stereocenters. The molecule has 27 heavy (non-hydrogen) atoms. The van der Waals surface area contributed by atoms with Crippen LogP contribution in [0.15, 0.2) is 30.3 Å². The van der Waals surface area contributed by atoms with Crippen molar-refractivity contribution in [2.45, 2.75) is 19.1 Å². The fourth-order valence-corrected chi connectivity index (χ4v) is 2.47. The lowest BCUT2D eigenvalue weighted by Gasteiger charge is -2.40. The maximum Gasteiger partial charge on any atom is 0.245 e. The van der Waals surface area contributed by atoms with E-state index in [1.54, 1.807) is 37.1 Å². The number of rotatable bonds is 8. The van der Waals surface area contributed by atoms with E-state index in [4.69, 9.17) is 9.47 Å². The van der Waals surface area contributed by atoms with Gasteiger partial charge in [-0.25, -0.2) is 0 Å². The van der Waals surface area contributed by atoms with Gasteiger partial charge in [0, 0.05) is 26.2 Å². The van der Waals surface area contributed by atoms with E-state index in [2.05, 4.69) is 10.6 Å². The molecule has 0 aromatic heterocycles. The van der Waals surface area contributed by atoms with Crippen LogP contribution in [0.2, 0.25) is 0 Å². The molecule has 1 aliphatic heterocycles. The van der Waals surface area contributed by atoms with Gasteiger partial charge in [-0.1, -0.05) is 12.1 Å². The third-order valence-electron chi connectivity index (χ3n) is 4.16. The number of nitrogens with one attached hydrogen (secondary N) is 2. The third kappa shape index (κ3) is 6.10. The van der Waals surface area contributed by atoms with Crippen molar-refractivity contribution >= 4 is 23.8 Å². The fraction of sp³-hybridized carbons (Fsp3) is 0.421. The first-order valence-electron chi connectivity index (χ1n) is 8.66. The number of benzene rings is 1. The van der Waals surface area contributed by atoms with Crippen LogP contribution >= 0.6 is 0 Å². The molecule has 8 nitrogen and oxygen atoms in total. The summed E-state index contributed by atoms with van der Waals surface area (Å²) in [6, 6.07) is 6.62. The van der Waals surface area contributed by atoms with Crippen LogP contribution < -0.4 is 15.4 Å². The zero-order chi connectivity index (χ0) is 19.8. The molecule has 1 heterocycles. The van der Waals surface area contributed by atoms with Crippen molar-refractivity contribution in [2.24, 2.45) is 0 Å². The van der Waals surface area contributed by atoms with Gasteiger partial charge >= 0.3 is 0 Å². The number of amides is 3. The van der Waals surface area contributed by atoms with Crippen LogP contribution in [0.25, 0.3) is 6.08 Å². The summed E-state index contributed by atoms with van der Waals surface area (Å²) in [7, 11) is 3.13. The quantitative estimate of drug-likeness (QED) is 0.632. The number of carbonyl (C=O) groups excluding carboxylic acids is 3. The number of likely N-dealkylation sites (N-methyl/N-ethyl adjacent to an activating group) is 1. The molecule has 1 saturated heterocycles. The molecule has 0 unspecified atom stereocenters. The predicted octanol–water partition coefficient (Wildman–Crippen LogP) is 0.187. The van der Waals surface area contributed by atoms with Gasteiger partial charge in [-0.2, -0.15) is 0 Å². The summed E-state index contributed by atoms with van der Waals surface area (Å²) in [5.41, 5.74) is 0.851. The van der Waals surface area contributed by atoms with Crippen LogP contribution in [0.3, 0.4) is 0 Å². The Bertz CT molecular complexity index is 696. The molecule has 2 rings (SSSR count). The van der Waals surface area contributed by atoms with Gasteiger partial charge < -0.3 is 25.0 Å². The van der Waals surface area contributed by atoms with Crippen molar-refractivity contribution in [3.8, 4) is 5.75 Å². The maximum absolute atomic E-state index is 12.3. The Balaban J connectivity index is 1.73. The van der Waals surface area contributed by atoms with E-state index in [0.29, 0.717) is 13.1 Å². The SMILES string of the molecule is CNC(=O)COC1CN(C(=O)[C@H](C)NC(=O)/C=C\c2ccc(OC)cc2)C1. The molecule has 0 saturated carbocycles. The monoisotopic (exact) mass is 375 g/mol. The largest absolute Gasteiger partial charge is 0.497 e. The van der Waals surface area contributed by atoms with Crippen molar-refractivity contribution in [3.05, 3.63) is 35.9 Å². The summed E-state index contributed by atoms with van der Waals surface area (Å²) in [6.07, 6.45) is 2.90. The van der Waals surface area contributed by atoms with E-state index in [1.165, 1.54) is 13.1 Å². The smallest absolute Gasteiger partial charge is 0.245 e. The van der Waals surface area contributed by atoms with Crippen molar-refractivity contribution in [1.29, 1.82) is 0 Å². The fourth-order valence-electron chi connectivity index (χ4n) is 2.47. The molecule has 8 heteroatoms. The summed E-state index contributed by atoms with van der Waals surface area (Å²) in [5, 5.41) is 5.12. The average Bonchev–Trinajstić information content (AvgIpc) is 2.64. The summed E-state index contributed by atoms with van der Waals surface area (Å²) < 4.78 is 10.4. The minimum atomic E-state index is -0.641. The van der Waals surface area contributed by atoms with Gasteiger partial charge in [0.1, 0.15) is 18.4 Å². The Morgan fingerprint density at radius 3 is 2.52 bits per heavy atom. The van der Waals surface area contributed by atoms with Crippen LogP contribution in [-0.2, 0) is 19.1 Å². The molecule has 146 valence electrons. The molecule has 0 spiro atoms. The molecule has 2 N–H and O–H groups in total. The Labute approximate surface area is 158 Å². The number of hydrogen-bond acceptors (Lipinski definition) is 5. The number of nitrogens with zero attached hydrogens (tertiary/aromatic N) is 1. The zero-order valence-corrected chi connectivity index (χ0v) is 15.7. The van der Waals surface area contributed by atoms with Crippen LogP contribution in [-0.4, -0.2) is 68.6 Å². The second-order valence-corrected chi connectivity index (χ2v) is 6.19. The summed E-state index contributed by atoms with van der Waals surface area (Å²) >= 11 is 0. The highest BCUT2D eigenvalue weighted by Gasteiger charge is 2.34. The minimum Gasteiger partial charge on any atom is -0.497 e. The molecule has 0 radical (unpaired) electrons. The van der Waals surface area contributed by atoms with Gasteiger partial charge in [0.15, 0.2) is 0 Å². The first-order chi connectivity index (χ1) is 12.9. The lowest BCUT2D eigenvalue weighted by atomic mass is 10.1. The van der Waals surface area contributed by atoms with E-state index in [0.717, 1.165) is 11.3 Å². The van der Waals surface area contributed by atoms with Crippen molar-refractivity contribution < 1.29 is 23.9 Å². The molecule has 1 aromatic rings. The second-order valence-electron chi connectivity index (χ2n) is 6.19. The molecular weight excluding hydrogens is 350 g/mol. The lowest BCUT2D eigenvalue weighted by molar-refractivity contribution is -0.150.